The molecule has 2 unspecified atom stereocenters. The fraction of sp³-hybridized carbons (Fsp3) is 0.611. The summed E-state index contributed by atoms with van der Waals surface area (Å²) in [5, 5.41) is 3.31. The van der Waals surface area contributed by atoms with Gasteiger partial charge in [-0.05, 0) is 25.8 Å². The number of likely N-dealkylation sites (tertiary alicyclic amines) is 1. The highest BCUT2D eigenvalue weighted by Gasteiger charge is 2.36. The predicted molar refractivity (Wildman–Crippen MR) is 112 cm³/mol. The number of hydrogen-bond donors (Lipinski definition) is 1. The summed E-state index contributed by atoms with van der Waals surface area (Å²) in [7, 11) is 1.44. The molecule has 26 heavy (non-hydrogen) atoms. The zero-order valence-corrected chi connectivity index (χ0v) is 18.2. The van der Waals surface area contributed by atoms with Gasteiger partial charge in [0, 0.05) is 31.4 Å². The van der Waals surface area contributed by atoms with Gasteiger partial charge in [-0.15, -0.1) is 24.0 Å². The molecular weight excluding hydrogens is 447 g/mol. The summed E-state index contributed by atoms with van der Waals surface area (Å²) in [6.45, 7) is 9.23. The lowest BCUT2D eigenvalue weighted by Gasteiger charge is -2.21. The summed E-state index contributed by atoms with van der Waals surface area (Å²) in [4.78, 5) is 23.0. The Hall–Kier alpha value is -1.58. The second-order valence-corrected chi connectivity index (χ2v) is 6.08. The van der Waals surface area contributed by atoms with Crippen LogP contribution in [-0.4, -0.2) is 55.2 Å². The molecule has 146 valence electrons. The van der Waals surface area contributed by atoms with Crippen molar-refractivity contribution in [2.45, 2.75) is 27.3 Å². The van der Waals surface area contributed by atoms with E-state index in [4.69, 9.17) is 14.5 Å². The van der Waals surface area contributed by atoms with Crippen LogP contribution in [0.3, 0.4) is 0 Å². The Balaban J connectivity index is 0.00000338. The average Bonchev–Trinajstić information content (AvgIpc) is 3.01. The van der Waals surface area contributed by atoms with Gasteiger partial charge < -0.3 is 19.7 Å². The molecule has 1 aromatic rings. The topological polar surface area (TPSA) is 76.1 Å². The van der Waals surface area contributed by atoms with Crippen LogP contribution in [0.25, 0.3) is 0 Å². The summed E-state index contributed by atoms with van der Waals surface area (Å²) in [6, 6.07) is 3.85. The molecule has 0 aromatic carbocycles. The lowest BCUT2D eigenvalue weighted by atomic mass is 9.99. The van der Waals surface area contributed by atoms with Crippen molar-refractivity contribution in [3.63, 3.8) is 0 Å². The molecule has 2 atom stereocenters. The minimum atomic E-state index is -0.156. The van der Waals surface area contributed by atoms with Gasteiger partial charge in [-0.25, -0.2) is 9.98 Å². The quantitative estimate of drug-likeness (QED) is 0.294. The Morgan fingerprint density at radius 2 is 2.19 bits per heavy atom. The third kappa shape index (κ3) is 5.72. The van der Waals surface area contributed by atoms with Crippen LogP contribution >= 0.6 is 24.0 Å². The number of carbonyl (C=O) groups excluding carboxylic acids is 1. The molecule has 1 N–H and O–H groups in total. The lowest BCUT2D eigenvalue weighted by Crippen LogP contribution is -2.40. The summed E-state index contributed by atoms with van der Waals surface area (Å²) in [5.74, 6) is 1.37. The second-order valence-electron chi connectivity index (χ2n) is 6.08. The van der Waals surface area contributed by atoms with Crippen LogP contribution in [0.1, 0.15) is 26.3 Å². The molecule has 2 rings (SSSR count). The number of hydrogen-bond acceptors (Lipinski definition) is 5. The van der Waals surface area contributed by atoms with Gasteiger partial charge in [0.05, 0.1) is 26.2 Å². The van der Waals surface area contributed by atoms with Crippen LogP contribution in [0.4, 0.5) is 0 Å². The number of nitrogens with one attached hydrogen (secondary N) is 1. The van der Waals surface area contributed by atoms with E-state index in [-0.39, 0.29) is 41.8 Å². The number of ether oxygens (including phenoxy) is 2. The van der Waals surface area contributed by atoms with Crippen molar-refractivity contribution in [3.8, 4) is 5.88 Å². The zero-order chi connectivity index (χ0) is 18.2. The van der Waals surface area contributed by atoms with E-state index in [1.165, 1.54) is 7.11 Å². The third-order valence-corrected chi connectivity index (χ3v) is 4.28. The molecule has 8 heteroatoms. The van der Waals surface area contributed by atoms with E-state index in [9.17, 15) is 4.79 Å². The molecular formula is C18H29IN4O3. The van der Waals surface area contributed by atoms with Crippen molar-refractivity contribution in [2.24, 2.45) is 16.8 Å². The minimum absolute atomic E-state index is 0. The number of nitrogens with zero attached hydrogens (tertiary/aromatic N) is 3. The van der Waals surface area contributed by atoms with E-state index >= 15 is 0 Å². The number of carbonyl (C=O) groups is 1. The Morgan fingerprint density at radius 1 is 1.42 bits per heavy atom. The van der Waals surface area contributed by atoms with Gasteiger partial charge in [-0.1, -0.05) is 13.0 Å². The standard InChI is InChI=1S/C18H28N4O3.HI/c1-5-19-18(22-11-13(3)15(12-22)17(23)24-4)21-10-14-8-7-9-20-16(14)25-6-2;/h7-9,13,15H,5-6,10-12H2,1-4H3,(H,19,21);1H. The van der Waals surface area contributed by atoms with Gasteiger partial charge in [0.25, 0.3) is 0 Å². The number of methoxy groups -OCH3 is 1. The highest BCUT2D eigenvalue weighted by Crippen LogP contribution is 2.24. The normalized spacial score (nSPS) is 19.7. The molecule has 0 amide bonds. The zero-order valence-electron chi connectivity index (χ0n) is 15.9. The summed E-state index contributed by atoms with van der Waals surface area (Å²) >= 11 is 0. The number of rotatable bonds is 6. The second kappa shape index (κ2) is 11.2. The molecule has 2 heterocycles. The maximum atomic E-state index is 11.9. The van der Waals surface area contributed by atoms with Crippen molar-refractivity contribution in [1.29, 1.82) is 0 Å². The Morgan fingerprint density at radius 3 is 2.85 bits per heavy atom. The highest BCUT2D eigenvalue weighted by atomic mass is 127. The maximum absolute atomic E-state index is 11.9. The van der Waals surface area contributed by atoms with E-state index in [0.29, 0.717) is 25.6 Å². The molecule has 0 saturated carbocycles. The van der Waals surface area contributed by atoms with E-state index < -0.39 is 0 Å². The first kappa shape index (κ1) is 22.5. The van der Waals surface area contributed by atoms with Crippen LogP contribution in [0.15, 0.2) is 23.3 Å². The first-order chi connectivity index (χ1) is 12.1. The van der Waals surface area contributed by atoms with Crippen molar-refractivity contribution >= 4 is 35.9 Å². The Labute approximate surface area is 172 Å². The first-order valence-electron chi connectivity index (χ1n) is 8.78. The monoisotopic (exact) mass is 476 g/mol. The van der Waals surface area contributed by atoms with Crippen molar-refractivity contribution in [1.82, 2.24) is 15.2 Å². The third-order valence-electron chi connectivity index (χ3n) is 4.28. The Kier molecular flexibility index (Phi) is 9.68. The number of guanidine groups is 1. The number of pyridine rings is 1. The van der Waals surface area contributed by atoms with E-state index in [1.54, 1.807) is 6.20 Å². The first-order valence-corrected chi connectivity index (χ1v) is 8.78. The maximum Gasteiger partial charge on any atom is 0.310 e. The Bertz CT molecular complexity index is 612. The summed E-state index contributed by atoms with van der Waals surface area (Å²) in [6.07, 6.45) is 1.71. The van der Waals surface area contributed by atoms with Gasteiger partial charge in [0.2, 0.25) is 5.88 Å². The number of aliphatic imine (C=N–C) groups is 1. The van der Waals surface area contributed by atoms with Gasteiger partial charge in [0.15, 0.2) is 5.96 Å². The molecule has 1 fully saturated rings. The molecule has 1 saturated heterocycles. The van der Waals surface area contributed by atoms with Gasteiger partial charge in [0.1, 0.15) is 0 Å². The van der Waals surface area contributed by atoms with Gasteiger partial charge in [-0.3, -0.25) is 4.79 Å². The number of aromatic nitrogens is 1. The lowest BCUT2D eigenvalue weighted by molar-refractivity contribution is -0.145. The molecule has 0 spiro atoms. The number of halogens is 1. The van der Waals surface area contributed by atoms with E-state index in [1.807, 2.05) is 26.0 Å². The SMILES string of the molecule is CCNC(=NCc1cccnc1OCC)N1CC(C)C(C(=O)OC)C1.I. The summed E-state index contributed by atoms with van der Waals surface area (Å²) < 4.78 is 10.5. The molecule has 0 bridgehead atoms. The molecule has 0 radical (unpaired) electrons. The highest BCUT2D eigenvalue weighted by molar-refractivity contribution is 14.0. The van der Waals surface area contributed by atoms with Crippen LogP contribution in [-0.2, 0) is 16.1 Å². The fourth-order valence-corrected chi connectivity index (χ4v) is 2.99. The molecule has 7 nitrogen and oxygen atoms in total. The molecule has 1 aromatic heterocycles. The van der Waals surface area contributed by atoms with Crippen LogP contribution < -0.4 is 10.1 Å². The van der Waals surface area contributed by atoms with Crippen LogP contribution in [0.5, 0.6) is 5.88 Å². The molecule has 1 aliphatic heterocycles. The number of esters is 1. The molecule has 0 aliphatic carbocycles. The molecule has 1 aliphatic rings. The van der Waals surface area contributed by atoms with Crippen LogP contribution in [0.2, 0.25) is 0 Å². The summed E-state index contributed by atoms with van der Waals surface area (Å²) in [5.41, 5.74) is 0.941. The van der Waals surface area contributed by atoms with Gasteiger partial charge in [-0.2, -0.15) is 0 Å². The van der Waals surface area contributed by atoms with Crippen molar-refractivity contribution in [2.75, 3.05) is 33.4 Å². The minimum Gasteiger partial charge on any atom is -0.478 e. The van der Waals surface area contributed by atoms with Gasteiger partial charge >= 0.3 is 5.97 Å². The van der Waals surface area contributed by atoms with Crippen LogP contribution in [0, 0.1) is 11.8 Å². The van der Waals surface area contributed by atoms with Crippen molar-refractivity contribution < 1.29 is 14.3 Å². The van der Waals surface area contributed by atoms with E-state index in [2.05, 4.69) is 22.1 Å². The largest absolute Gasteiger partial charge is 0.478 e. The smallest absolute Gasteiger partial charge is 0.310 e. The average molecular weight is 476 g/mol. The predicted octanol–water partition coefficient (Wildman–Crippen LogP) is 2.30. The van der Waals surface area contributed by atoms with E-state index in [0.717, 1.165) is 24.6 Å². The van der Waals surface area contributed by atoms with Crippen molar-refractivity contribution in [3.05, 3.63) is 23.9 Å². The fourth-order valence-electron chi connectivity index (χ4n) is 2.99.